The van der Waals surface area contributed by atoms with Gasteiger partial charge >= 0.3 is 6.03 Å². The average Bonchev–Trinajstić information content (AvgIpc) is 3.09. The molecule has 0 saturated carbocycles. The molecule has 0 aliphatic carbocycles. The Morgan fingerprint density at radius 3 is 2.55 bits per heavy atom. The fourth-order valence-electron chi connectivity index (χ4n) is 3.11. The van der Waals surface area contributed by atoms with Crippen LogP contribution in [0.1, 0.15) is 6.42 Å². The van der Waals surface area contributed by atoms with Crippen LogP contribution in [0.25, 0.3) is 0 Å². The molecule has 1 atom stereocenters. The van der Waals surface area contributed by atoms with Gasteiger partial charge in [-0.05, 0) is 44.3 Å². The number of carbonyl (C=O) groups is 1. The Labute approximate surface area is 177 Å². The maximum atomic E-state index is 13.5. The molecule has 0 bridgehead atoms. The molecule has 0 radical (unpaired) electrons. The van der Waals surface area contributed by atoms with Crippen molar-refractivity contribution in [2.45, 2.75) is 16.6 Å². The summed E-state index contributed by atoms with van der Waals surface area (Å²) in [6.45, 7) is 0.922. The molecule has 29 heavy (non-hydrogen) atoms. The van der Waals surface area contributed by atoms with Crippen molar-refractivity contribution >= 4 is 50.4 Å². The summed E-state index contributed by atoms with van der Waals surface area (Å²) in [5.41, 5.74) is -0.149. The predicted octanol–water partition coefficient (Wildman–Crippen LogP) is 3.96. The molecule has 3 rings (SSSR count). The van der Waals surface area contributed by atoms with Crippen molar-refractivity contribution in [2.24, 2.45) is 0 Å². The molecule has 1 heterocycles. The molecule has 1 aliphatic heterocycles. The van der Waals surface area contributed by atoms with Crippen molar-refractivity contribution in [1.29, 1.82) is 0 Å². The van der Waals surface area contributed by atoms with Crippen LogP contribution in [0.4, 0.5) is 20.6 Å². The van der Waals surface area contributed by atoms with Gasteiger partial charge in [0.15, 0.2) is 15.6 Å². The number of amides is 2. The van der Waals surface area contributed by atoms with Gasteiger partial charge in [-0.25, -0.2) is 17.6 Å². The number of aromatic hydroxyl groups is 1. The van der Waals surface area contributed by atoms with Crippen molar-refractivity contribution in [3.05, 3.63) is 46.2 Å². The van der Waals surface area contributed by atoms with E-state index in [-0.39, 0.29) is 21.4 Å². The van der Waals surface area contributed by atoms with E-state index in [1.807, 2.05) is 4.90 Å². The van der Waals surface area contributed by atoms with Crippen LogP contribution in [0, 0.1) is 5.82 Å². The molecule has 2 aromatic carbocycles. The van der Waals surface area contributed by atoms with Crippen molar-refractivity contribution < 1.29 is 22.7 Å². The Morgan fingerprint density at radius 2 is 1.90 bits per heavy atom. The zero-order chi connectivity index (χ0) is 21.3. The highest BCUT2D eigenvalue weighted by atomic mass is 35.5. The topological polar surface area (TPSA) is 98.7 Å². The molecule has 1 aliphatic rings. The van der Waals surface area contributed by atoms with Gasteiger partial charge in [-0.3, -0.25) is 0 Å². The van der Waals surface area contributed by atoms with E-state index in [4.69, 9.17) is 23.2 Å². The van der Waals surface area contributed by atoms with Crippen LogP contribution in [0.5, 0.6) is 5.75 Å². The average molecular weight is 462 g/mol. The summed E-state index contributed by atoms with van der Waals surface area (Å²) in [4.78, 5) is 13.7. The second-order valence-corrected chi connectivity index (χ2v) is 9.62. The van der Waals surface area contributed by atoms with E-state index in [9.17, 15) is 22.7 Å². The second-order valence-electron chi connectivity index (χ2n) is 6.67. The summed E-state index contributed by atoms with van der Waals surface area (Å²) >= 11 is 11.9. The van der Waals surface area contributed by atoms with Crippen LogP contribution >= 0.6 is 23.2 Å². The van der Waals surface area contributed by atoms with Crippen LogP contribution in [0.2, 0.25) is 10.0 Å². The Hall–Kier alpha value is -2.07. The Kier molecular flexibility index (Phi) is 6.23. The van der Waals surface area contributed by atoms with Crippen LogP contribution in [0.15, 0.2) is 35.2 Å². The summed E-state index contributed by atoms with van der Waals surface area (Å²) in [5, 5.41) is 14.1. The predicted molar refractivity (Wildman–Crippen MR) is 110 cm³/mol. The van der Waals surface area contributed by atoms with E-state index >= 15 is 0 Å². The van der Waals surface area contributed by atoms with Crippen molar-refractivity contribution in [3.63, 3.8) is 0 Å². The van der Waals surface area contributed by atoms with E-state index < -0.39 is 37.6 Å². The molecule has 7 nitrogen and oxygen atoms in total. The summed E-state index contributed by atoms with van der Waals surface area (Å²) in [6, 6.07) is 5.58. The molecule has 11 heteroatoms. The molecular formula is C18H18Cl2FN3O4S. The molecular weight excluding hydrogens is 444 g/mol. The number of sulfone groups is 1. The molecule has 2 amide bonds. The van der Waals surface area contributed by atoms with Gasteiger partial charge in [0.1, 0.15) is 10.7 Å². The smallest absolute Gasteiger partial charge is 0.323 e. The SMILES string of the molecule is CN1CC[C@H](S(=O)(=O)c2c(Cl)ccc(NC(=O)Nc3cccc(F)c3Cl)c2O)C1. The molecule has 0 spiro atoms. The van der Waals surface area contributed by atoms with Gasteiger partial charge in [0.2, 0.25) is 0 Å². The molecule has 1 fully saturated rings. The fourth-order valence-corrected chi connectivity index (χ4v) is 5.68. The number of hydrogen-bond acceptors (Lipinski definition) is 5. The number of anilines is 2. The summed E-state index contributed by atoms with van der Waals surface area (Å²) in [7, 11) is -2.13. The zero-order valence-electron chi connectivity index (χ0n) is 15.2. The minimum absolute atomic E-state index is 0.0134. The molecule has 156 valence electrons. The monoisotopic (exact) mass is 461 g/mol. The number of likely N-dealkylation sites (tertiary alicyclic amines) is 1. The van der Waals surface area contributed by atoms with E-state index in [2.05, 4.69) is 10.6 Å². The largest absolute Gasteiger partial charge is 0.504 e. The third-order valence-corrected chi connectivity index (χ3v) is 7.66. The first-order valence-electron chi connectivity index (χ1n) is 8.57. The first-order valence-corrected chi connectivity index (χ1v) is 10.9. The number of hydrogen-bond donors (Lipinski definition) is 3. The lowest BCUT2D eigenvalue weighted by molar-refractivity contribution is 0.262. The first kappa shape index (κ1) is 21.6. The van der Waals surface area contributed by atoms with E-state index in [0.717, 1.165) is 6.07 Å². The normalized spacial score (nSPS) is 17.3. The summed E-state index contributed by atoms with van der Waals surface area (Å²) in [6.07, 6.45) is 0.408. The van der Waals surface area contributed by atoms with Crippen molar-refractivity contribution in [2.75, 3.05) is 30.8 Å². The molecule has 1 saturated heterocycles. The van der Waals surface area contributed by atoms with Crippen molar-refractivity contribution in [3.8, 4) is 5.75 Å². The number of carbonyl (C=O) groups excluding carboxylic acids is 1. The van der Waals surface area contributed by atoms with Gasteiger partial charge < -0.3 is 20.6 Å². The number of benzene rings is 2. The Morgan fingerprint density at radius 1 is 1.21 bits per heavy atom. The molecule has 3 N–H and O–H groups in total. The van der Waals surface area contributed by atoms with Gasteiger partial charge in [0.25, 0.3) is 0 Å². The molecule has 0 unspecified atom stereocenters. The van der Waals surface area contributed by atoms with Gasteiger partial charge in [-0.2, -0.15) is 0 Å². The number of halogens is 3. The highest BCUT2D eigenvalue weighted by Crippen LogP contribution is 2.40. The lowest BCUT2D eigenvalue weighted by Crippen LogP contribution is -2.26. The Bertz CT molecular complexity index is 1070. The number of nitrogens with one attached hydrogen (secondary N) is 2. The number of phenolic OH excluding ortho intramolecular Hbond substituents is 1. The third-order valence-electron chi connectivity index (χ3n) is 4.60. The van der Waals surface area contributed by atoms with E-state index in [1.54, 1.807) is 7.05 Å². The fraction of sp³-hybridized carbons (Fsp3) is 0.278. The first-order chi connectivity index (χ1) is 13.6. The number of nitrogens with zero attached hydrogens (tertiary/aromatic N) is 1. The second kappa shape index (κ2) is 8.35. The summed E-state index contributed by atoms with van der Waals surface area (Å²) in [5.74, 6) is -1.37. The van der Waals surface area contributed by atoms with Gasteiger partial charge in [0.05, 0.1) is 26.7 Å². The maximum Gasteiger partial charge on any atom is 0.323 e. The minimum atomic E-state index is -3.93. The Balaban J connectivity index is 1.87. The standard InChI is InChI=1S/C18H18Cl2FN3O4S/c1-24-8-7-10(9-24)29(27,28)17-11(19)5-6-14(16(17)25)23-18(26)22-13-4-2-3-12(21)15(13)20/h2-6,10,25H,7-9H2,1H3,(H2,22,23,26)/t10-/m0/s1. The maximum absolute atomic E-state index is 13.5. The van der Waals surface area contributed by atoms with Crippen molar-refractivity contribution in [1.82, 2.24) is 4.90 Å². The minimum Gasteiger partial charge on any atom is -0.504 e. The number of rotatable bonds is 4. The summed E-state index contributed by atoms with van der Waals surface area (Å²) < 4.78 is 39.4. The van der Waals surface area contributed by atoms with Crippen LogP contribution in [0.3, 0.4) is 0 Å². The zero-order valence-corrected chi connectivity index (χ0v) is 17.6. The van der Waals surface area contributed by atoms with E-state index in [0.29, 0.717) is 19.5 Å². The van der Waals surface area contributed by atoms with Gasteiger partial charge in [-0.1, -0.05) is 29.3 Å². The highest BCUT2D eigenvalue weighted by Gasteiger charge is 2.36. The third kappa shape index (κ3) is 4.42. The lowest BCUT2D eigenvalue weighted by Gasteiger charge is -2.17. The van der Waals surface area contributed by atoms with Gasteiger partial charge in [0, 0.05) is 6.54 Å². The van der Waals surface area contributed by atoms with E-state index in [1.165, 1.54) is 24.3 Å². The quantitative estimate of drug-likeness (QED) is 0.598. The van der Waals surface area contributed by atoms with Crippen LogP contribution < -0.4 is 10.6 Å². The molecule has 0 aromatic heterocycles. The highest BCUT2D eigenvalue weighted by molar-refractivity contribution is 7.92. The number of phenols is 1. The molecule has 2 aromatic rings. The van der Waals surface area contributed by atoms with Crippen LogP contribution in [-0.4, -0.2) is 49.8 Å². The number of urea groups is 1. The van der Waals surface area contributed by atoms with Gasteiger partial charge in [-0.15, -0.1) is 0 Å². The lowest BCUT2D eigenvalue weighted by atomic mass is 10.3. The van der Waals surface area contributed by atoms with Crippen LogP contribution in [-0.2, 0) is 9.84 Å².